The summed E-state index contributed by atoms with van der Waals surface area (Å²) >= 11 is 0. The van der Waals surface area contributed by atoms with Crippen molar-refractivity contribution in [3.8, 4) is 0 Å². The van der Waals surface area contributed by atoms with E-state index in [0.717, 1.165) is 25.6 Å². The molecule has 1 fully saturated rings. The third-order valence-electron chi connectivity index (χ3n) is 3.57. The number of likely N-dealkylation sites (tertiary alicyclic amines) is 1. The molecule has 1 aromatic heterocycles. The first-order chi connectivity index (χ1) is 8.06. The van der Waals surface area contributed by atoms with Crippen LogP contribution in [-0.2, 0) is 6.54 Å². The van der Waals surface area contributed by atoms with Gasteiger partial charge in [0.15, 0.2) is 0 Å². The van der Waals surface area contributed by atoms with Crippen LogP contribution in [0.1, 0.15) is 12.5 Å². The molecule has 4 heteroatoms. The number of pyridine rings is 1. The van der Waals surface area contributed by atoms with Crippen LogP contribution in [-0.4, -0.2) is 48.0 Å². The maximum absolute atomic E-state index is 5.59. The lowest BCUT2D eigenvalue weighted by Gasteiger charge is -2.22. The Balaban J connectivity index is 1.95. The van der Waals surface area contributed by atoms with Gasteiger partial charge in [-0.25, -0.2) is 4.98 Å². The first kappa shape index (κ1) is 12.3. The SMILES string of the molecule is CC1CN(Cc2ccc(N)nc2)CC1N(C)C. The highest BCUT2D eigenvalue weighted by atomic mass is 15.2. The molecule has 0 amide bonds. The number of nitrogens with two attached hydrogens (primary N) is 1. The molecule has 0 spiro atoms. The van der Waals surface area contributed by atoms with Crippen molar-refractivity contribution < 1.29 is 0 Å². The van der Waals surface area contributed by atoms with E-state index in [1.165, 1.54) is 5.56 Å². The number of likely N-dealkylation sites (N-methyl/N-ethyl adjacent to an activating group) is 1. The van der Waals surface area contributed by atoms with Gasteiger partial charge in [-0.15, -0.1) is 0 Å². The first-order valence-electron chi connectivity index (χ1n) is 6.15. The van der Waals surface area contributed by atoms with Crippen LogP contribution in [0.25, 0.3) is 0 Å². The number of anilines is 1. The van der Waals surface area contributed by atoms with Crippen molar-refractivity contribution in [1.29, 1.82) is 0 Å². The van der Waals surface area contributed by atoms with Gasteiger partial charge in [0.05, 0.1) is 0 Å². The van der Waals surface area contributed by atoms with Gasteiger partial charge < -0.3 is 10.6 Å². The molecule has 2 heterocycles. The normalized spacial score (nSPS) is 25.6. The highest BCUT2D eigenvalue weighted by Crippen LogP contribution is 2.21. The number of hydrogen-bond acceptors (Lipinski definition) is 4. The Hall–Kier alpha value is -1.13. The lowest BCUT2D eigenvalue weighted by molar-refractivity contribution is 0.250. The van der Waals surface area contributed by atoms with Crippen molar-refractivity contribution in [2.24, 2.45) is 5.92 Å². The second-order valence-electron chi connectivity index (χ2n) is 5.29. The summed E-state index contributed by atoms with van der Waals surface area (Å²) in [6.45, 7) is 5.60. The maximum Gasteiger partial charge on any atom is 0.123 e. The van der Waals surface area contributed by atoms with Gasteiger partial charge in [-0.1, -0.05) is 13.0 Å². The van der Waals surface area contributed by atoms with Gasteiger partial charge in [-0.3, -0.25) is 4.90 Å². The molecule has 1 aliphatic rings. The molecule has 2 unspecified atom stereocenters. The molecule has 0 bridgehead atoms. The van der Waals surface area contributed by atoms with Gasteiger partial charge in [-0.05, 0) is 31.6 Å². The summed E-state index contributed by atoms with van der Waals surface area (Å²) < 4.78 is 0. The fraction of sp³-hybridized carbons (Fsp3) is 0.615. The van der Waals surface area contributed by atoms with Gasteiger partial charge >= 0.3 is 0 Å². The fourth-order valence-corrected chi connectivity index (χ4v) is 2.64. The molecule has 0 radical (unpaired) electrons. The summed E-state index contributed by atoms with van der Waals surface area (Å²) in [6, 6.07) is 4.60. The molecule has 94 valence electrons. The third kappa shape index (κ3) is 2.96. The third-order valence-corrected chi connectivity index (χ3v) is 3.57. The summed E-state index contributed by atoms with van der Waals surface area (Å²) in [7, 11) is 4.32. The first-order valence-corrected chi connectivity index (χ1v) is 6.15. The molecular formula is C13H22N4. The Labute approximate surface area is 103 Å². The molecular weight excluding hydrogens is 212 g/mol. The Bertz CT molecular complexity index is 360. The Morgan fingerprint density at radius 3 is 2.71 bits per heavy atom. The predicted octanol–water partition coefficient (Wildman–Crippen LogP) is 1.05. The second kappa shape index (κ2) is 5.02. The van der Waals surface area contributed by atoms with E-state index in [4.69, 9.17) is 5.73 Å². The molecule has 17 heavy (non-hydrogen) atoms. The Morgan fingerprint density at radius 2 is 2.18 bits per heavy atom. The molecule has 1 aromatic rings. The summed E-state index contributed by atoms with van der Waals surface area (Å²) in [6.07, 6.45) is 1.88. The summed E-state index contributed by atoms with van der Waals surface area (Å²) in [5, 5.41) is 0. The summed E-state index contributed by atoms with van der Waals surface area (Å²) in [5.41, 5.74) is 6.83. The highest BCUT2D eigenvalue weighted by Gasteiger charge is 2.30. The zero-order valence-corrected chi connectivity index (χ0v) is 10.9. The minimum atomic E-state index is 0.592. The molecule has 0 aromatic carbocycles. The van der Waals surface area contributed by atoms with Crippen molar-refractivity contribution >= 4 is 5.82 Å². The lowest BCUT2D eigenvalue weighted by Crippen LogP contribution is -2.34. The predicted molar refractivity (Wildman–Crippen MR) is 70.6 cm³/mol. The molecule has 1 aliphatic heterocycles. The fourth-order valence-electron chi connectivity index (χ4n) is 2.64. The van der Waals surface area contributed by atoms with Crippen molar-refractivity contribution in [2.45, 2.75) is 19.5 Å². The number of nitrogens with zero attached hydrogens (tertiary/aromatic N) is 3. The smallest absolute Gasteiger partial charge is 0.123 e. The summed E-state index contributed by atoms with van der Waals surface area (Å²) in [5.74, 6) is 1.32. The van der Waals surface area contributed by atoms with Crippen molar-refractivity contribution in [2.75, 3.05) is 32.9 Å². The highest BCUT2D eigenvalue weighted by molar-refractivity contribution is 5.29. The number of rotatable bonds is 3. The maximum atomic E-state index is 5.59. The molecule has 4 nitrogen and oxygen atoms in total. The van der Waals surface area contributed by atoms with E-state index < -0.39 is 0 Å². The van der Waals surface area contributed by atoms with E-state index in [-0.39, 0.29) is 0 Å². The van der Waals surface area contributed by atoms with Crippen LogP contribution in [0.3, 0.4) is 0 Å². The number of aromatic nitrogens is 1. The van der Waals surface area contributed by atoms with Crippen LogP contribution in [0, 0.1) is 5.92 Å². The van der Waals surface area contributed by atoms with Crippen molar-refractivity contribution in [1.82, 2.24) is 14.8 Å². The van der Waals surface area contributed by atoms with Crippen LogP contribution in [0.4, 0.5) is 5.82 Å². The van der Waals surface area contributed by atoms with E-state index in [9.17, 15) is 0 Å². The van der Waals surface area contributed by atoms with Gasteiger partial charge in [0.25, 0.3) is 0 Å². The zero-order chi connectivity index (χ0) is 12.4. The Morgan fingerprint density at radius 1 is 1.41 bits per heavy atom. The number of nitrogen functional groups attached to an aromatic ring is 1. The lowest BCUT2D eigenvalue weighted by atomic mass is 10.1. The average molecular weight is 234 g/mol. The van der Waals surface area contributed by atoms with E-state index in [2.05, 4.69) is 41.9 Å². The topological polar surface area (TPSA) is 45.4 Å². The minimum Gasteiger partial charge on any atom is -0.384 e. The van der Waals surface area contributed by atoms with E-state index >= 15 is 0 Å². The van der Waals surface area contributed by atoms with Crippen molar-refractivity contribution in [3.05, 3.63) is 23.9 Å². The van der Waals surface area contributed by atoms with Gasteiger partial charge in [-0.2, -0.15) is 0 Å². The molecule has 1 saturated heterocycles. The van der Waals surface area contributed by atoms with Crippen LogP contribution in [0.5, 0.6) is 0 Å². The van der Waals surface area contributed by atoms with E-state index in [1.54, 1.807) is 0 Å². The zero-order valence-electron chi connectivity index (χ0n) is 10.9. The molecule has 2 rings (SSSR count). The minimum absolute atomic E-state index is 0.592. The molecule has 0 aliphatic carbocycles. The monoisotopic (exact) mass is 234 g/mol. The van der Waals surface area contributed by atoms with Crippen LogP contribution < -0.4 is 5.73 Å². The largest absolute Gasteiger partial charge is 0.384 e. The quantitative estimate of drug-likeness (QED) is 0.849. The molecule has 2 N–H and O–H groups in total. The summed E-state index contributed by atoms with van der Waals surface area (Å²) in [4.78, 5) is 8.95. The van der Waals surface area contributed by atoms with Crippen LogP contribution in [0.15, 0.2) is 18.3 Å². The second-order valence-corrected chi connectivity index (χ2v) is 5.29. The van der Waals surface area contributed by atoms with E-state index in [1.807, 2.05) is 12.3 Å². The van der Waals surface area contributed by atoms with Crippen LogP contribution in [0.2, 0.25) is 0 Å². The average Bonchev–Trinajstić information content (AvgIpc) is 2.63. The number of hydrogen-bond donors (Lipinski definition) is 1. The van der Waals surface area contributed by atoms with Crippen molar-refractivity contribution in [3.63, 3.8) is 0 Å². The standard InChI is InChI=1S/C13H22N4/c1-10-7-17(9-12(10)16(2)3)8-11-4-5-13(14)15-6-11/h4-6,10,12H,7-9H2,1-3H3,(H2,14,15). The Kier molecular flexibility index (Phi) is 3.64. The van der Waals surface area contributed by atoms with Gasteiger partial charge in [0, 0.05) is 31.9 Å². The van der Waals surface area contributed by atoms with Crippen LogP contribution >= 0.6 is 0 Å². The molecule has 2 atom stereocenters. The molecule has 0 saturated carbocycles. The van der Waals surface area contributed by atoms with E-state index in [0.29, 0.717) is 11.9 Å². The van der Waals surface area contributed by atoms with Gasteiger partial charge in [0.1, 0.15) is 5.82 Å². The van der Waals surface area contributed by atoms with Gasteiger partial charge in [0.2, 0.25) is 0 Å².